The SMILES string of the molecule is COc1ccccc1Cc1nc(-c2ccc(N)cc2)n[nH]1. The molecule has 106 valence electrons. The molecule has 0 aliphatic heterocycles. The summed E-state index contributed by atoms with van der Waals surface area (Å²) in [5, 5.41) is 7.22. The molecule has 0 atom stereocenters. The Kier molecular flexibility index (Phi) is 3.55. The first-order valence-corrected chi connectivity index (χ1v) is 6.65. The van der Waals surface area contributed by atoms with E-state index in [4.69, 9.17) is 10.5 Å². The average molecular weight is 280 g/mol. The number of nitrogens with two attached hydrogens (primary N) is 1. The van der Waals surface area contributed by atoms with Gasteiger partial charge >= 0.3 is 0 Å². The van der Waals surface area contributed by atoms with Crippen molar-refractivity contribution in [1.82, 2.24) is 15.2 Å². The number of benzene rings is 2. The summed E-state index contributed by atoms with van der Waals surface area (Å²) in [6.07, 6.45) is 0.645. The van der Waals surface area contributed by atoms with Crippen molar-refractivity contribution in [3.05, 3.63) is 59.9 Å². The van der Waals surface area contributed by atoms with Crippen molar-refractivity contribution in [2.75, 3.05) is 12.8 Å². The van der Waals surface area contributed by atoms with Gasteiger partial charge in [-0.2, -0.15) is 5.10 Å². The molecule has 1 heterocycles. The summed E-state index contributed by atoms with van der Waals surface area (Å²) in [6, 6.07) is 15.4. The molecule has 0 radical (unpaired) electrons. The number of H-pyrrole nitrogens is 1. The van der Waals surface area contributed by atoms with E-state index in [0.29, 0.717) is 12.2 Å². The highest BCUT2D eigenvalue weighted by Gasteiger charge is 2.09. The third-order valence-electron chi connectivity index (χ3n) is 3.25. The number of rotatable bonds is 4. The van der Waals surface area contributed by atoms with Gasteiger partial charge in [0.25, 0.3) is 0 Å². The standard InChI is InChI=1S/C16H16N4O/c1-21-14-5-3-2-4-12(14)10-15-18-16(20-19-15)11-6-8-13(17)9-7-11/h2-9H,10,17H2,1H3,(H,18,19,20). The van der Waals surface area contributed by atoms with Crippen molar-refractivity contribution in [2.45, 2.75) is 6.42 Å². The number of nitrogens with one attached hydrogen (secondary N) is 1. The van der Waals surface area contributed by atoms with Crippen LogP contribution in [0.3, 0.4) is 0 Å². The Morgan fingerprint density at radius 2 is 1.86 bits per heavy atom. The van der Waals surface area contributed by atoms with Crippen LogP contribution in [0.15, 0.2) is 48.5 Å². The molecule has 2 aromatic carbocycles. The maximum absolute atomic E-state index is 5.68. The molecule has 21 heavy (non-hydrogen) atoms. The number of aromatic amines is 1. The molecular formula is C16H16N4O. The van der Waals surface area contributed by atoms with E-state index in [-0.39, 0.29) is 0 Å². The highest BCUT2D eigenvalue weighted by molar-refractivity contribution is 5.58. The van der Waals surface area contributed by atoms with Crippen molar-refractivity contribution in [3.8, 4) is 17.1 Å². The van der Waals surface area contributed by atoms with Crippen LogP contribution >= 0.6 is 0 Å². The van der Waals surface area contributed by atoms with Gasteiger partial charge in [0, 0.05) is 23.2 Å². The number of nitrogen functional groups attached to an aromatic ring is 1. The van der Waals surface area contributed by atoms with Gasteiger partial charge in [-0.15, -0.1) is 0 Å². The number of hydrogen-bond donors (Lipinski definition) is 2. The minimum atomic E-state index is 0.645. The fourth-order valence-corrected chi connectivity index (χ4v) is 2.17. The van der Waals surface area contributed by atoms with Crippen LogP contribution in [0.4, 0.5) is 5.69 Å². The zero-order valence-electron chi connectivity index (χ0n) is 11.7. The molecule has 5 nitrogen and oxygen atoms in total. The van der Waals surface area contributed by atoms with E-state index >= 15 is 0 Å². The quantitative estimate of drug-likeness (QED) is 0.720. The summed E-state index contributed by atoms with van der Waals surface area (Å²) in [5.41, 5.74) is 8.41. The Balaban J connectivity index is 1.83. The second-order valence-electron chi connectivity index (χ2n) is 4.72. The Bertz CT molecular complexity index is 734. The van der Waals surface area contributed by atoms with Gasteiger partial charge in [-0.05, 0) is 30.3 Å². The summed E-state index contributed by atoms with van der Waals surface area (Å²) in [4.78, 5) is 4.52. The van der Waals surface area contributed by atoms with Crippen LogP contribution in [0.25, 0.3) is 11.4 Å². The molecule has 0 aliphatic carbocycles. The fourth-order valence-electron chi connectivity index (χ4n) is 2.17. The van der Waals surface area contributed by atoms with Gasteiger partial charge in [0.05, 0.1) is 7.11 Å². The number of aromatic nitrogens is 3. The molecule has 3 rings (SSSR count). The first-order chi connectivity index (χ1) is 10.3. The van der Waals surface area contributed by atoms with Gasteiger partial charge in [0.2, 0.25) is 0 Å². The molecule has 0 amide bonds. The first kappa shape index (κ1) is 13.2. The topological polar surface area (TPSA) is 76.8 Å². The summed E-state index contributed by atoms with van der Waals surface area (Å²) >= 11 is 0. The van der Waals surface area contributed by atoms with Crippen molar-refractivity contribution in [3.63, 3.8) is 0 Å². The van der Waals surface area contributed by atoms with Crippen LogP contribution in [-0.2, 0) is 6.42 Å². The number of methoxy groups -OCH3 is 1. The van der Waals surface area contributed by atoms with Crippen LogP contribution in [0.2, 0.25) is 0 Å². The third kappa shape index (κ3) is 2.86. The normalized spacial score (nSPS) is 10.5. The molecule has 0 saturated carbocycles. The molecule has 0 bridgehead atoms. The number of anilines is 1. The predicted octanol–water partition coefficient (Wildman–Crippen LogP) is 2.65. The van der Waals surface area contributed by atoms with Crippen molar-refractivity contribution in [2.24, 2.45) is 0 Å². The van der Waals surface area contributed by atoms with E-state index in [2.05, 4.69) is 15.2 Å². The Hall–Kier alpha value is -2.82. The number of hydrogen-bond acceptors (Lipinski definition) is 4. The second-order valence-corrected chi connectivity index (χ2v) is 4.72. The molecule has 5 heteroatoms. The van der Waals surface area contributed by atoms with Crippen molar-refractivity contribution >= 4 is 5.69 Å². The maximum atomic E-state index is 5.68. The van der Waals surface area contributed by atoms with Crippen molar-refractivity contribution in [1.29, 1.82) is 0 Å². The molecule has 3 N–H and O–H groups in total. The molecular weight excluding hydrogens is 264 g/mol. The van der Waals surface area contributed by atoms with Crippen LogP contribution in [0.1, 0.15) is 11.4 Å². The molecule has 1 aromatic heterocycles. The van der Waals surface area contributed by atoms with Gasteiger partial charge in [0.1, 0.15) is 11.6 Å². The van der Waals surface area contributed by atoms with Crippen LogP contribution in [0, 0.1) is 0 Å². The maximum Gasteiger partial charge on any atom is 0.181 e. The monoisotopic (exact) mass is 280 g/mol. The summed E-state index contributed by atoms with van der Waals surface area (Å²) in [6.45, 7) is 0. The lowest BCUT2D eigenvalue weighted by Crippen LogP contribution is -1.95. The van der Waals surface area contributed by atoms with E-state index in [1.165, 1.54) is 0 Å². The Labute approximate surface area is 122 Å². The molecule has 0 unspecified atom stereocenters. The lowest BCUT2D eigenvalue weighted by molar-refractivity contribution is 0.410. The molecule has 0 fully saturated rings. The first-order valence-electron chi connectivity index (χ1n) is 6.65. The van der Waals surface area contributed by atoms with Crippen LogP contribution in [0.5, 0.6) is 5.75 Å². The Morgan fingerprint density at radius 1 is 1.10 bits per heavy atom. The summed E-state index contributed by atoms with van der Waals surface area (Å²) in [5.74, 6) is 2.31. The van der Waals surface area contributed by atoms with Gasteiger partial charge in [-0.3, -0.25) is 5.10 Å². The van der Waals surface area contributed by atoms with Crippen molar-refractivity contribution < 1.29 is 4.74 Å². The lowest BCUT2D eigenvalue weighted by atomic mass is 10.1. The van der Waals surface area contributed by atoms with Crippen LogP contribution < -0.4 is 10.5 Å². The summed E-state index contributed by atoms with van der Waals surface area (Å²) < 4.78 is 5.35. The molecule has 0 saturated heterocycles. The highest BCUT2D eigenvalue weighted by atomic mass is 16.5. The van der Waals surface area contributed by atoms with Gasteiger partial charge in [-0.25, -0.2) is 4.98 Å². The van der Waals surface area contributed by atoms with E-state index in [1.54, 1.807) is 7.11 Å². The molecule has 0 aliphatic rings. The number of ether oxygens (including phenoxy) is 1. The van der Waals surface area contributed by atoms with E-state index in [9.17, 15) is 0 Å². The zero-order chi connectivity index (χ0) is 14.7. The minimum absolute atomic E-state index is 0.645. The summed E-state index contributed by atoms with van der Waals surface area (Å²) in [7, 11) is 1.67. The van der Waals surface area contributed by atoms with Crippen LogP contribution in [-0.4, -0.2) is 22.3 Å². The van der Waals surface area contributed by atoms with E-state index < -0.39 is 0 Å². The third-order valence-corrected chi connectivity index (χ3v) is 3.25. The van der Waals surface area contributed by atoms with Gasteiger partial charge < -0.3 is 10.5 Å². The highest BCUT2D eigenvalue weighted by Crippen LogP contribution is 2.21. The van der Waals surface area contributed by atoms with E-state index in [0.717, 1.165) is 28.4 Å². The number of nitrogens with zero attached hydrogens (tertiary/aromatic N) is 2. The van der Waals surface area contributed by atoms with Gasteiger partial charge in [0.15, 0.2) is 5.82 Å². The lowest BCUT2D eigenvalue weighted by Gasteiger charge is -2.05. The Morgan fingerprint density at radius 3 is 2.62 bits per heavy atom. The average Bonchev–Trinajstić information content (AvgIpc) is 2.97. The minimum Gasteiger partial charge on any atom is -0.496 e. The van der Waals surface area contributed by atoms with Gasteiger partial charge in [-0.1, -0.05) is 18.2 Å². The smallest absolute Gasteiger partial charge is 0.181 e. The van der Waals surface area contributed by atoms with E-state index in [1.807, 2.05) is 48.5 Å². The largest absolute Gasteiger partial charge is 0.496 e. The zero-order valence-corrected chi connectivity index (χ0v) is 11.7. The fraction of sp³-hybridized carbons (Fsp3) is 0.125. The predicted molar refractivity (Wildman–Crippen MR) is 82.0 cm³/mol. The number of para-hydroxylation sites is 1. The molecule has 3 aromatic rings. The molecule has 0 spiro atoms. The second kappa shape index (κ2) is 5.66.